The van der Waals surface area contributed by atoms with Gasteiger partial charge in [-0.2, -0.15) is 5.10 Å². The van der Waals surface area contributed by atoms with Crippen LogP contribution >= 0.6 is 38.9 Å². The molecule has 1 amide bonds. The first kappa shape index (κ1) is 19.9. The second-order valence-corrected chi connectivity index (χ2v) is 8.17. The van der Waals surface area contributed by atoms with Crippen molar-refractivity contribution in [1.29, 1.82) is 0 Å². The van der Waals surface area contributed by atoms with Crippen LogP contribution in [-0.2, 0) is 13.2 Å². The third-order valence-corrected chi connectivity index (χ3v) is 6.34. The van der Waals surface area contributed by atoms with Gasteiger partial charge >= 0.3 is 0 Å². The number of carbonyl (C=O) groups is 1. The summed E-state index contributed by atoms with van der Waals surface area (Å²) in [5.41, 5.74) is 2.95. The smallest absolute Gasteiger partial charge is 0.261 e. The lowest BCUT2D eigenvalue weighted by atomic mass is 10.3. The molecule has 1 N–H and O–H groups in total. The van der Waals surface area contributed by atoms with Crippen LogP contribution in [0.3, 0.4) is 0 Å². The van der Waals surface area contributed by atoms with E-state index in [0.29, 0.717) is 35.3 Å². The Balaban J connectivity index is 1.50. The first-order valence-electron chi connectivity index (χ1n) is 8.37. The summed E-state index contributed by atoms with van der Waals surface area (Å²) in [7, 11) is 0. The summed E-state index contributed by atoms with van der Waals surface area (Å²) < 4.78 is 8.60. The van der Waals surface area contributed by atoms with Crippen molar-refractivity contribution in [3.63, 3.8) is 0 Å². The molecule has 0 atom stereocenters. The van der Waals surface area contributed by atoms with Crippen molar-refractivity contribution in [2.75, 3.05) is 6.54 Å². The van der Waals surface area contributed by atoms with Gasteiger partial charge in [0, 0.05) is 22.8 Å². The highest BCUT2D eigenvalue weighted by Gasteiger charge is 2.11. The van der Waals surface area contributed by atoms with Crippen LogP contribution in [0.5, 0.6) is 5.75 Å². The third-order valence-electron chi connectivity index (χ3n) is 3.98. The standard InChI is InChI=1S/C19H19BrClN3O2S/c1-12-18(20)13(2)24(23-12)7-6-22-19(25)17-8-14(11-27-17)10-26-16-5-3-4-15(21)9-16/h3-5,8-9,11H,6-7,10H2,1-2H3,(H,22,25). The van der Waals surface area contributed by atoms with Crippen LogP contribution in [0.1, 0.15) is 26.6 Å². The number of carbonyl (C=O) groups excluding carboxylic acids is 1. The van der Waals surface area contributed by atoms with Gasteiger partial charge in [0.2, 0.25) is 0 Å². The van der Waals surface area contributed by atoms with Crippen LogP contribution in [0, 0.1) is 13.8 Å². The average Bonchev–Trinajstić information content (AvgIpc) is 3.21. The van der Waals surface area contributed by atoms with Crippen molar-refractivity contribution in [3.8, 4) is 5.75 Å². The molecule has 0 radical (unpaired) electrons. The van der Waals surface area contributed by atoms with Gasteiger partial charge in [-0.15, -0.1) is 11.3 Å². The summed E-state index contributed by atoms with van der Waals surface area (Å²) >= 11 is 10.9. The summed E-state index contributed by atoms with van der Waals surface area (Å²) in [4.78, 5) is 13.0. The van der Waals surface area contributed by atoms with Crippen molar-refractivity contribution in [3.05, 3.63) is 67.0 Å². The number of aromatic nitrogens is 2. The zero-order valence-electron chi connectivity index (χ0n) is 15.0. The number of nitrogens with one attached hydrogen (secondary N) is 1. The lowest BCUT2D eigenvalue weighted by Crippen LogP contribution is -2.27. The van der Waals surface area contributed by atoms with Crippen molar-refractivity contribution >= 4 is 44.8 Å². The van der Waals surface area contributed by atoms with Gasteiger partial charge < -0.3 is 10.1 Å². The Bertz CT molecular complexity index is 954. The van der Waals surface area contributed by atoms with E-state index >= 15 is 0 Å². The maximum Gasteiger partial charge on any atom is 0.261 e. The maximum absolute atomic E-state index is 12.3. The predicted molar refractivity (Wildman–Crippen MR) is 112 cm³/mol. The highest BCUT2D eigenvalue weighted by molar-refractivity contribution is 9.10. The van der Waals surface area contributed by atoms with E-state index < -0.39 is 0 Å². The van der Waals surface area contributed by atoms with Crippen LogP contribution in [0.4, 0.5) is 0 Å². The van der Waals surface area contributed by atoms with Gasteiger partial charge in [-0.25, -0.2) is 0 Å². The van der Waals surface area contributed by atoms with Gasteiger partial charge in [-0.05, 0) is 59.4 Å². The zero-order chi connectivity index (χ0) is 19.4. The van der Waals surface area contributed by atoms with Gasteiger partial charge in [0.1, 0.15) is 12.4 Å². The van der Waals surface area contributed by atoms with E-state index in [4.69, 9.17) is 16.3 Å². The largest absolute Gasteiger partial charge is 0.489 e. The van der Waals surface area contributed by atoms with Crippen molar-refractivity contribution in [2.45, 2.75) is 27.0 Å². The number of thiophene rings is 1. The van der Waals surface area contributed by atoms with Gasteiger partial charge in [0.05, 0.1) is 21.6 Å². The van der Waals surface area contributed by atoms with Crippen LogP contribution in [-0.4, -0.2) is 22.2 Å². The molecule has 0 saturated heterocycles. The van der Waals surface area contributed by atoms with E-state index in [1.165, 1.54) is 11.3 Å². The summed E-state index contributed by atoms with van der Waals surface area (Å²) in [6.45, 7) is 5.48. The van der Waals surface area contributed by atoms with Crippen molar-refractivity contribution in [1.82, 2.24) is 15.1 Å². The number of halogens is 2. The normalized spacial score (nSPS) is 10.8. The average molecular weight is 469 g/mol. The van der Waals surface area contributed by atoms with Gasteiger partial charge in [-0.1, -0.05) is 17.7 Å². The van der Waals surface area contributed by atoms with Crippen LogP contribution in [0.15, 0.2) is 40.2 Å². The topological polar surface area (TPSA) is 56.2 Å². The molecule has 0 unspecified atom stereocenters. The number of benzene rings is 1. The maximum atomic E-state index is 12.3. The van der Waals surface area contributed by atoms with E-state index in [1.807, 2.05) is 42.1 Å². The fourth-order valence-corrected chi connectivity index (χ4v) is 3.83. The Morgan fingerprint density at radius 2 is 2.19 bits per heavy atom. The molecule has 2 aromatic heterocycles. The van der Waals surface area contributed by atoms with Gasteiger partial charge in [-0.3, -0.25) is 9.48 Å². The molecule has 0 saturated carbocycles. The highest BCUT2D eigenvalue weighted by atomic mass is 79.9. The molecule has 3 aromatic rings. The molecule has 0 spiro atoms. The first-order chi connectivity index (χ1) is 12.9. The van der Waals surface area contributed by atoms with Crippen LogP contribution in [0.25, 0.3) is 0 Å². The third kappa shape index (κ3) is 5.12. The SMILES string of the molecule is Cc1nn(CCNC(=O)c2cc(COc3cccc(Cl)c3)cs2)c(C)c1Br. The van der Waals surface area contributed by atoms with Gasteiger partial charge in [0.15, 0.2) is 0 Å². The molecule has 0 aliphatic rings. The number of aryl methyl sites for hydroxylation is 1. The summed E-state index contributed by atoms with van der Waals surface area (Å²) in [6.07, 6.45) is 0. The molecule has 0 aliphatic carbocycles. The minimum absolute atomic E-state index is 0.0883. The summed E-state index contributed by atoms with van der Waals surface area (Å²) in [5, 5.41) is 9.93. The second kappa shape index (κ2) is 8.91. The number of nitrogens with zero attached hydrogens (tertiary/aromatic N) is 2. The Labute approximate surface area is 175 Å². The Morgan fingerprint density at radius 3 is 2.89 bits per heavy atom. The van der Waals surface area contributed by atoms with Crippen molar-refractivity contribution in [2.24, 2.45) is 0 Å². The number of ether oxygens (including phenoxy) is 1. The molecule has 27 heavy (non-hydrogen) atoms. The molecule has 5 nitrogen and oxygen atoms in total. The van der Waals surface area contributed by atoms with E-state index in [1.54, 1.807) is 12.1 Å². The Morgan fingerprint density at radius 1 is 1.37 bits per heavy atom. The number of rotatable bonds is 7. The quantitative estimate of drug-likeness (QED) is 0.532. The molecule has 3 rings (SSSR count). The molecule has 2 heterocycles. The molecule has 0 fully saturated rings. The lowest BCUT2D eigenvalue weighted by Gasteiger charge is -2.06. The molecule has 0 aliphatic heterocycles. The van der Waals surface area contributed by atoms with E-state index in [2.05, 4.69) is 26.3 Å². The first-order valence-corrected chi connectivity index (χ1v) is 10.4. The predicted octanol–water partition coefficient (Wildman–Crippen LogP) is 4.99. The lowest BCUT2D eigenvalue weighted by molar-refractivity contribution is 0.0956. The fourth-order valence-electron chi connectivity index (χ4n) is 2.55. The molecular weight excluding hydrogens is 450 g/mol. The molecule has 0 bridgehead atoms. The monoisotopic (exact) mass is 467 g/mol. The summed E-state index contributed by atoms with van der Waals surface area (Å²) in [5.74, 6) is 0.616. The molecule has 1 aromatic carbocycles. The zero-order valence-corrected chi connectivity index (χ0v) is 18.1. The Kier molecular flexibility index (Phi) is 6.57. The minimum atomic E-state index is -0.0883. The molecule has 142 valence electrons. The Hall–Kier alpha value is -1.83. The molecular formula is C19H19BrClN3O2S. The van der Waals surface area contributed by atoms with Crippen LogP contribution in [0.2, 0.25) is 5.02 Å². The highest BCUT2D eigenvalue weighted by Crippen LogP contribution is 2.21. The van der Waals surface area contributed by atoms with E-state index in [9.17, 15) is 4.79 Å². The van der Waals surface area contributed by atoms with Crippen molar-refractivity contribution < 1.29 is 9.53 Å². The van der Waals surface area contributed by atoms with E-state index in [0.717, 1.165) is 21.4 Å². The van der Waals surface area contributed by atoms with Gasteiger partial charge in [0.25, 0.3) is 5.91 Å². The van der Waals surface area contributed by atoms with E-state index in [-0.39, 0.29) is 5.91 Å². The minimum Gasteiger partial charge on any atom is -0.489 e. The second-order valence-electron chi connectivity index (χ2n) is 6.03. The number of hydrogen-bond donors (Lipinski definition) is 1. The molecule has 8 heteroatoms. The fraction of sp³-hybridized carbons (Fsp3) is 0.263. The van der Waals surface area contributed by atoms with Crippen LogP contribution < -0.4 is 10.1 Å². The number of hydrogen-bond acceptors (Lipinski definition) is 4. The number of amides is 1. The summed E-state index contributed by atoms with van der Waals surface area (Å²) in [6, 6.07) is 9.10.